The number of nitrogens with zero attached hydrogens (tertiary/aromatic N) is 1. The highest BCUT2D eigenvalue weighted by Gasteiger charge is 2.42. The van der Waals surface area contributed by atoms with Crippen LogP contribution in [0.5, 0.6) is 0 Å². The molecule has 1 rings (SSSR count). The molecule has 3 heteroatoms. The van der Waals surface area contributed by atoms with Gasteiger partial charge < -0.3 is 10.5 Å². The van der Waals surface area contributed by atoms with Crippen molar-refractivity contribution in [3.8, 4) is 0 Å². The van der Waals surface area contributed by atoms with Crippen LogP contribution in [-0.2, 0) is 4.74 Å². The van der Waals surface area contributed by atoms with Crippen molar-refractivity contribution >= 4 is 0 Å². The fourth-order valence-corrected chi connectivity index (χ4v) is 3.75. The molecular weight excluding hydrogens is 248 g/mol. The summed E-state index contributed by atoms with van der Waals surface area (Å²) >= 11 is 0. The van der Waals surface area contributed by atoms with Crippen molar-refractivity contribution in [2.45, 2.75) is 71.4 Å². The first-order chi connectivity index (χ1) is 9.33. The zero-order valence-corrected chi connectivity index (χ0v) is 14.5. The average Bonchev–Trinajstić information content (AvgIpc) is 2.46. The van der Waals surface area contributed by atoms with Crippen LogP contribution in [0.25, 0.3) is 0 Å². The standard InChI is InChI=1S/C17H36N2O/c1-7-16(3,4)15-8-10-17(13-18,11-9-15)19(5)14(2)12-20-6/h14-15H,7-13,18H2,1-6H3. The highest BCUT2D eigenvalue weighted by atomic mass is 16.5. The lowest BCUT2D eigenvalue weighted by Gasteiger charge is -2.50. The molecule has 0 amide bonds. The molecule has 120 valence electrons. The van der Waals surface area contributed by atoms with Gasteiger partial charge in [-0.3, -0.25) is 4.90 Å². The molecule has 0 radical (unpaired) electrons. The normalized spacial score (nSPS) is 29.7. The summed E-state index contributed by atoms with van der Waals surface area (Å²) in [4.78, 5) is 2.48. The zero-order chi connectivity index (χ0) is 15.4. The Labute approximate surface area is 126 Å². The number of nitrogens with two attached hydrogens (primary N) is 1. The number of likely N-dealkylation sites (N-methyl/N-ethyl adjacent to an activating group) is 1. The molecule has 0 aromatic heterocycles. The molecule has 1 aliphatic carbocycles. The Bertz CT molecular complexity index is 283. The van der Waals surface area contributed by atoms with Gasteiger partial charge in [-0.05, 0) is 51.0 Å². The van der Waals surface area contributed by atoms with Gasteiger partial charge in [-0.25, -0.2) is 0 Å². The summed E-state index contributed by atoms with van der Waals surface area (Å²) in [5.41, 5.74) is 6.83. The summed E-state index contributed by atoms with van der Waals surface area (Å²) in [6, 6.07) is 0.430. The Morgan fingerprint density at radius 2 is 1.90 bits per heavy atom. The highest BCUT2D eigenvalue weighted by molar-refractivity contribution is 4.98. The van der Waals surface area contributed by atoms with Crippen LogP contribution in [-0.4, -0.2) is 43.8 Å². The molecule has 0 saturated heterocycles. The van der Waals surface area contributed by atoms with Crippen LogP contribution >= 0.6 is 0 Å². The highest BCUT2D eigenvalue weighted by Crippen LogP contribution is 2.45. The maximum absolute atomic E-state index is 6.18. The first-order valence-corrected chi connectivity index (χ1v) is 8.25. The lowest BCUT2D eigenvalue weighted by Crippen LogP contribution is -2.58. The van der Waals surface area contributed by atoms with Crippen LogP contribution < -0.4 is 5.73 Å². The van der Waals surface area contributed by atoms with Gasteiger partial charge in [0.15, 0.2) is 0 Å². The van der Waals surface area contributed by atoms with E-state index in [4.69, 9.17) is 10.5 Å². The fraction of sp³-hybridized carbons (Fsp3) is 1.00. The minimum Gasteiger partial charge on any atom is -0.383 e. The van der Waals surface area contributed by atoms with Gasteiger partial charge in [0.25, 0.3) is 0 Å². The molecule has 3 nitrogen and oxygen atoms in total. The SMILES string of the molecule is CCC(C)(C)C1CCC(CN)(N(C)C(C)COC)CC1. The van der Waals surface area contributed by atoms with Crippen molar-refractivity contribution < 1.29 is 4.74 Å². The molecule has 2 N–H and O–H groups in total. The maximum Gasteiger partial charge on any atom is 0.0615 e. The lowest BCUT2D eigenvalue weighted by molar-refractivity contribution is -0.00862. The van der Waals surface area contributed by atoms with Crippen molar-refractivity contribution in [1.29, 1.82) is 0 Å². The van der Waals surface area contributed by atoms with E-state index in [1.807, 2.05) is 0 Å². The molecule has 1 atom stereocenters. The average molecular weight is 284 g/mol. The third kappa shape index (κ3) is 3.75. The van der Waals surface area contributed by atoms with Gasteiger partial charge in [0.1, 0.15) is 0 Å². The molecular formula is C17H36N2O. The zero-order valence-electron chi connectivity index (χ0n) is 14.5. The topological polar surface area (TPSA) is 38.5 Å². The predicted octanol–water partition coefficient (Wildman–Crippen LogP) is 3.28. The summed E-state index contributed by atoms with van der Waals surface area (Å²) in [5, 5.41) is 0. The van der Waals surface area contributed by atoms with Crippen molar-refractivity contribution in [1.82, 2.24) is 4.90 Å². The molecule has 0 spiro atoms. The summed E-state index contributed by atoms with van der Waals surface area (Å²) in [7, 11) is 4.00. The smallest absolute Gasteiger partial charge is 0.0615 e. The van der Waals surface area contributed by atoms with Crippen LogP contribution in [0.2, 0.25) is 0 Å². The second kappa shape index (κ2) is 7.24. The number of hydrogen-bond acceptors (Lipinski definition) is 3. The van der Waals surface area contributed by atoms with Crippen LogP contribution in [0.4, 0.5) is 0 Å². The fourth-order valence-electron chi connectivity index (χ4n) is 3.75. The van der Waals surface area contributed by atoms with Gasteiger partial charge in [-0.2, -0.15) is 0 Å². The Balaban J connectivity index is 2.71. The van der Waals surface area contributed by atoms with Crippen molar-refractivity contribution in [3.05, 3.63) is 0 Å². The minimum atomic E-state index is 0.179. The third-order valence-corrected chi connectivity index (χ3v) is 6.13. The number of hydrogen-bond donors (Lipinski definition) is 1. The number of rotatable bonds is 7. The maximum atomic E-state index is 6.18. The van der Waals surface area contributed by atoms with Crippen LogP contribution in [0.1, 0.15) is 59.8 Å². The monoisotopic (exact) mass is 284 g/mol. The minimum absolute atomic E-state index is 0.179. The Kier molecular flexibility index (Phi) is 6.49. The van der Waals surface area contributed by atoms with Crippen LogP contribution in [0.3, 0.4) is 0 Å². The Morgan fingerprint density at radius 1 is 1.35 bits per heavy atom. The van der Waals surface area contributed by atoms with Crippen molar-refractivity contribution in [2.75, 3.05) is 27.3 Å². The summed E-state index contributed by atoms with van der Waals surface area (Å²) < 4.78 is 5.32. The van der Waals surface area contributed by atoms with Gasteiger partial charge in [-0.15, -0.1) is 0 Å². The van der Waals surface area contributed by atoms with Gasteiger partial charge in [0.2, 0.25) is 0 Å². The number of methoxy groups -OCH3 is 1. The van der Waals surface area contributed by atoms with Crippen molar-refractivity contribution in [2.24, 2.45) is 17.1 Å². The molecule has 1 aliphatic rings. The van der Waals surface area contributed by atoms with Gasteiger partial charge in [0, 0.05) is 25.2 Å². The third-order valence-electron chi connectivity index (χ3n) is 6.13. The molecule has 1 unspecified atom stereocenters. The van der Waals surface area contributed by atoms with Crippen LogP contribution in [0.15, 0.2) is 0 Å². The van der Waals surface area contributed by atoms with Gasteiger partial charge in [0.05, 0.1) is 6.61 Å². The van der Waals surface area contributed by atoms with Crippen LogP contribution in [0, 0.1) is 11.3 Å². The number of ether oxygens (including phenoxy) is 1. The molecule has 20 heavy (non-hydrogen) atoms. The summed E-state index contributed by atoms with van der Waals surface area (Å²) in [6.07, 6.45) is 6.33. The van der Waals surface area contributed by atoms with E-state index in [1.165, 1.54) is 32.1 Å². The molecule has 0 aromatic carbocycles. The van der Waals surface area contributed by atoms with E-state index in [2.05, 4.69) is 39.6 Å². The van der Waals surface area contributed by atoms with E-state index in [-0.39, 0.29) is 5.54 Å². The van der Waals surface area contributed by atoms with E-state index < -0.39 is 0 Å². The molecule has 0 heterocycles. The summed E-state index contributed by atoms with van der Waals surface area (Å²) in [5.74, 6) is 0.846. The van der Waals surface area contributed by atoms with Gasteiger partial charge in [-0.1, -0.05) is 27.2 Å². The molecule has 1 fully saturated rings. The van der Waals surface area contributed by atoms with E-state index in [0.29, 0.717) is 11.5 Å². The van der Waals surface area contributed by atoms with E-state index >= 15 is 0 Å². The molecule has 0 aliphatic heterocycles. The van der Waals surface area contributed by atoms with Crippen molar-refractivity contribution in [3.63, 3.8) is 0 Å². The largest absolute Gasteiger partial charge is 0.383 e. The second-order valence-corrected chi connectivity index (χ2v) is 7.46. The van der Waals surface area contributed by atoms with E-state index in [1.54, 1.807) is 7.11 Å². The Morgan fingerprint density at radius 3 is 2.30 bits per heavy atom. The van der Waals surface area contributed by atoms with Gasteiger partial charge >= 0.3 is 0 Å². The first-order valence-electron chi connectivity index (χ1n) is 8.25. The predicted molar refractivity (Wildman–Crippen MR) is 86.9 cm³/mol. The summed E-state index contributed by atoms with van der Waals surface area (Å²) in [6.45, 7) is 10.9. The van der Waals surface area contributed by atoms with E-state index in [9.17, 15) is 0 Å². The molecule has 0 bridgehead atoms. The Hall–Kier alpha value is -0.120. The quantitative estimate of drug-likeness (QED) is 0.780. The lowest BCUT2D eigenvalue weighted by atomic mass is 9.65. The van der Waals surface area contributed by atoms with E-state index in [0.717, 1.165) is 19.1 Å². The first kappa shape index (κ1) is 17.9. The second-order valence-electron chi connectivity index (χ2n) is 7.46. The molecule has 0 aromatic rings. The molecule has 1 saturated carbocycles.